The minimum absolute atomic E-state index is 0.284. The van der Waals surface area contributed by atoms with E-state index in [2.05, 4.69) is 0 Å². The number of ether oxygens (including phenoxy) is 3. The molecule has 0 saturated carbocycles. The normalized spacial score (nSPS) is 26.2. The van der Waals surface area contributed by atoms with Crippen LogP contribution in [0.2, 0.25) is 0 Å². The first kappa shape index (κ1) is 18.1. The first-order valence-corrected chi connectivity index (χ1v) is 7.25. The summed E-state index contributed by atoms with van der Waals surface area (Å²) in [6.45, 7) is 2.03. The molecule has 24 heavy (non-hydrogen) atoms. The van der Waals surface area contributed by atoms with Gasteiger partial charge in [0.05, 0.1) is 6.20 Å². The molecule has 1 aliphatic heterocycles. The highest BCUT2D eigenvalue weighted by atomic mass is 35.5. The molecule has 0 spiro atoms. The molecule has 2 heterocycles. The van der Waals surface area contributed by atoms with Gasteiger partial charge in [-0.05, 0) is 0 Å². The number of aromatic amines is 1. The number of carbonyl (C=O) groups excluding carboxylic acids is 2. The van der Waals surface area contributed by atoms with E-state index in [1.807, 2.05) is 0 Å². The first-order chi connectivity index (χ1) is 11.2. The molecule has 0 radical (unpaired) electrons. The van der Waals surface area contributed by atoms with Gasteiger partial charge in [0, 0.05) is 13.8 Å². The molecule has 1 saturated heterocycles. The Bertz CT molecular complexity index is 761. The van der Waals surface area contributed by atoms with Gasteiger partial charge in [-0.3, -0.25) is 23.9 Å². The number of nitrogens with one attached hydrogen (secondary N) is 1. The van der Waals surface area contributed by atoms with Crippen LogP contribution in [0, 0.1) is 5.82 Å². The van der Waals surface area contributed by atoms with Crippen LogP contribution >= 0.6 is 11.6 Å². The SMILES string of the molecule is CC(=O)OC[C@H]1O[C@@H](n2cc(F)c(=O)[nH]c2=O)[C@@H](Cl)[C@@H]1OC(C)=O. The standard InChI is InChI=1S/C13H14ClFN2O7/c1-5(18)22-4-8-10(23-6(2)19)9(14)12(24-8)17-3-7(15)11(20)16-13(17)21/h3,8-10,12H,4H2,1-2H3,(H,16,20,21)/t8-,9+,10-,12-/m1/s1. The number of esters is 2. The minimum Gasteiger partial charge on any atom is -0.463 e. The summed E-state index contributed by atoms with van der Waals surface area (Å²) in [5.41, 5.74) is -2.14. The fourth-order valence-corrected chi connectivity index (χ4v) is 2.63. The smallest absolute Gasteiger partial charge is 0.330 e. The lowest BCUT2D eigenvalue weighted by molar-refractivity contribution is -0.155. The Kier molecular flexibility index (Phi) is 5.40. The molecule has 1 aromatic heterocycles. The van der Waals surface area contributed by atoms with Crippen LogP contribution in [0.15, 0.2) is 15.8 Å². The van der Waals surface area contributed by atoms with Crippen LogP contribution in [0.5, 0.6) is 0 Å². The van der Waals surface area contributed by atoms with Crippen molar-refractivity contribution >= 4 is 23.5 Å². The number of hydrogen-bond donors (Lipinski definition) is 1. The Hall–Kier alpha value is -2.20. The topological polar surface area (TPSA) is 117 Å². The van der Waals surface area contributed by atoms with Crippen molar-refractivity contribution in [1.29, 1.82) is 0 Å². The maximum absolute atomic E-state index is 13.4. The molecule has 132 valence electrons. The van der Waals surface area contributed by atoms with Crippen molar-refractivity contribution in [2.75, 3.05) is 6.61 Å². The van der Waals surface area contributed by atoms with E-state index < -0.39 is 52.8 Å². The molecule has 0 amide bonds. The van der Waals surface area contributed by atoms with Crippen LogP contribution in [-0.2, 0) is 23.8 Å². The summed E-state index contributed by atoms with van der Waals surface area (Å²) < 4.78 is 29.5. The fourth-order valence-electron chi connectivity index (χ4n) is 2.23. The Morgan fingerprint density at radius 3 is 2.62 bits per heavy atom. The molecule has 1 fully saturated rings. The van der Waals surface area contributed by atoms with Gasteiger partial charge in [-0.25, -0.2) is 4.79 Å². The second-order valence-corrected chi connectivity index (χ2v) is 5.53. The summed E-state index contributed by atoms with van der Waals surface area (Å²) in [4.78, 5) is 46.9. The third-order valence-electron chi connectivity index (χ3n) is 3.22. The van der Waals surface area contributed by atoms with Crippen LogP contribution < -0.4 is 11.2 Å². The molecule has 11 heteroatoms. The van der Waals surface area contributed by atoms with Gasteiger partial charge in [-0.15, -0.1) is 11.6 Å². The van der Waals surface area contributed by atoms with Crippen LogP contribution in [0.25, 0.3) is 0 Å². The van der Waals surface area contributed by atoms with Crippen LogP contribution in [-0.4, -0.2) is 45.7 Å². The van der Waals surface area contributed by atoms with Gasteiger partial charge >= 0.3 is 17.6 Å². The largest absolute Gasteiger partial charge is 0.463 e. The second-order valence-electron chi connectivity index (χ2n) is 5.03. The molecular formula is C13H14ClFN2O7. The molecule has 9 nitrogen and oxygen atoms in total. The van der Waals surface area contributed by atoms with Crippen molar-refractivity contribution in [1.82, 2.24) is 9.55 Å². The van der Waals surface area contributed by atoms with Gasteiger partial charge in [0.1, 0.15) is 18.1 Å². The fraction of sp³-hybridized carbons (Fsp3) is 0.538. The van der Waals surface area contributed by atoms with Gasteiger partial charge < -0.3 is 14.2 Å². The van der Waals surface area contributed by atoms with Crippen LogP contribution in [0.3, 0.4) is 0 Å². The number of hydrogen-bond acceptors (Lipinski definition) is 7. The maximum Gasteiger partial charge on any atom is 0.330 e. The Morgan fingerprint density at radius 1 is 1.38 bits per heavy atom. The van der Waals surface area contributed by atoms with Crippen molar-refractivity contribution < 1.29 is 28.2 Å². The number of nitrogens with zero attached hydrogens (tertiary/aromatic N) is 1. The van der Waals surface area contributed by atoms with Gasteiger partial charge in [-0.2, -0.15) is 4.39 Å². The average molecular weight is 365 g/mol. The Labute approximate surface area is 139 Å². The number of H-pyrrole nitrogens is 1. The number of halogens is 2. The lowest BCUT2D eigenvalue weighted by atomic mass is 10.1. The summed E-state index contributed by atoms with van der Waals surface area (Å²) >= 11 is 6.18. The van der Waals surface area contributed by atoms with E-state index in [-0.39, 0.29) is 6.61 Å². The van der Waals surface area contributed by atoms with E-state index in [1.54, 1.807) is 4.98 Å². The van der Waals surface area contributed by atoms with Gasteiger partial charge in [0.15, 0.2) is 12.3 Å². The Balaban J connectivity index is 2.33. The number of alkyl halides is 1. The highest BCUT2D eigenvalue weighted by molar-refractivity contribution is 6.21. The first-order valence-electron chi connectivity index (χ1n) is 6.81. The Morgan fingerprint density at radius 2 is 2.04 bits per heavy atom. The van der Waals surface area contributed by atoms with Crippen molar-refractivity contribution in [2.24, 2.45) is 0 Å². The van der Waals surface area contributed by atoms with Crippen molar-refractivity contribution in [2.45, 2.75) is 37.7 Å². The van der Waals surface area contributed by atoms with Crippen molar-refractivity contribution in [3.8, 4) is 0 Å². The quantitative estimate of drug-likeness (QED) is 0.574. The molecule has 0 aliphatic carbocycles. The van der Waals surface area contributed by atoms with Gasteiger partial charge in [0.2, 0.25) is 5.82 Å². The van der Waals surface area contributed by atoms with E-state index in [0.717, 1.165) is 11.5 Å². The predicted octanol–water partition coefficient (Wildman–Crippen LogP) is -0.325. The van der Waals surface area contributed by atoms with Crippen LogP contribution in [0.4, 0.5) is 4.39 Å². The highest BCUT2D eigenvalue weighted by Crippen LogP contribution is 2.34. The molecule has 1 aliphatic rings. The highest BCUT2D eigenvalue weighted by Gasteiger charge is 2.47. The molecule has 4 atom stereocenters. The lowest BCUT2D eigenvalue weighted by Crippen LogP contribution is -2.38. The molecule has 0 unspecified atom stereocenters. The number of carbonyl (C=O) groups is 2. The molecule has 0 aromatic carbocycles. The summed E-state index contributed by atoms with van der Waals surface area (Å²) in [5, 5.41) is -1.09. The molecule has 0 bridgehead atoms. The van der Waals surface area contributed by atoms with E-state index in [1.165, 1.54) is 6.92 Å². The summed E-state index contributed by atoms with van der Waals surface area (Å²) in [6.07, 6.45) is -2.61. The second kappa shape index (κ2) is 7.14. The molecule has 1 N–H and O–H groups in total. The summed E-state index contributed by atoms with van der Waals surface area (Å²) in [6, 6.07) is 0. The van der Waals surface area contributed by atoms with E-state index >= 15 is 0 Å². The third kappa shape index (κ3) is 3.82. The van der Waals surface area contributed by atoms with Crippen LogP contribution in [0.1, 0.15) is 20.1 Å². The predicted molar refractivity (Wildman–Crippen MR) is 77.0 cm³/mol. The number of rotatable bonds is 4. The zero-order chi connectivity index (χ0) is 18.0. The lowest BCUT2D eigenvalue weighted by Gasteiger charge is -2.19. The maximum atomic E-state index is 13.4. The van der Waals surface area contributed by atoms with Gasteiger partial charge in [-0.1, -0.05) is 0 Å². The molecule has 2 rings (SSSR count). The monoisotopic (exact) mass is 364 g/mol. The zero-order valence-corrected chi connectivity index (χ0v) is 13.4. The van der Waals surface area contributed by atoms with Gasteiger partial charge in [0.25, 0.3) is 5.56 Å². The number of aromatic nitrogens is 2. The zero-order valence-electron chi connectivity index (χ0n) is 12.7. The average Bonchev–Trinajstić information content (AvgIpc) is 2.77. The minimum atomic E-state index is -1.24. The van der Waals surface area contributed by atoms with E-state index in [9.17, 15) is 23.6 Å². The van der Waals surface area contributed by atoms with Crippen molar-refractivity contribution in [3.63, 3.8) is 0 Å². The van der Waals surface area contributed by atoms with E-state index in [4.69, 9.17) is 25.8 Å². The summed E-state index contributed by atoms with van der Waals surface area (Å²) in [5.74, 6) is -2.47. The molecular weight excluding hydrogens is 351 g/mol. The van der Waals surface area contributed by atoms with Crippen molar-refractivity contribution in [3.05, 3.63) is 32.9 Å². The molecule has 1 aromatic rings. The summed E-state index contributed by atoms with van der Waals surface area (Å²) in [7, 11) is 0. The van der Waals surface area contributed by atoms with E-state index in [0.29, 0.717) is 6.20 Å². The third-order valence-corrected chi connectivity index (χ3v) is 3.68.